The third-order valence-electron chi connectivity index (χ3n) is 6.11. The number of hydrogen-bond donors (Lipinski definition) is 0. The maximum Gasteiger partial charge on any atom is 0.258 e. The molecular weight excluding hydrogens is 412 g/mol. The van der Waals surface area contributed by atoms with Crippen molar-refractivity contribution in [3.8, 4) is 11.3 Å². The molecule has 2 aromatic carbocycles. The van der Waals surface area contributed by atoms with Crippen LogP contribution >= 0.6 is 0 Å². The standard InChI is InChI=1S/C26H24N6O/c1-17-6-4-5-7-22(17)30-26(27-2)32-15-20(16-32)24-23(28-11-12-29-24)19-8-9-21-18(14-19)10-13-31(3)25(21)33/h4-14,20H,2,15-16H2,1,3H3. The van der Waals surface area contributed by atoms with E-state index in [0.717, 1.165) is 46.7 Å². The number of aliphatic imine (C=N–C) groups is 2. The van der Waals surface area contributed by atoms with Gasteiger partial charge in [-0.25, -0.2) is 9.98 Å². The molecule has 0 N–H and O–H groups in total. The number of nitrogens with zero attached hydrogens (tertiary/aromatic N) is 6. The first-order valence-electron chi connectivity index (χ1n) is 10.8. The smallest absolute Gasteiger partial charge is 0.258 e. The van der Waals surface area contributed by atoms with Crippen LogP contribution in [0.3, 0.4) is 0 Å². The van der Waals surface area contributed by atoms with E-state index in [2.05, 4.69) is 26.6 Å². The molecule has 1 aliphatic rings. The Balaban J connectivity index is 1.42. The fourth-order valence-electron chi connectivity index (χ4n) is 4.18. The van der Waals surface area contributed by atoms with Gasteiger partial charge in [-0.2, -0.15) is 0 Å². The molecule has 164 valence electrons. The SMILES string of the molecule is C=NC(=Nc1ccccc1C)N1CC(c2nccnc2-c2ccc3c(=O)n(C)ccc3c2)C1. The molecule has 1 fully saturated rings. The number of aryl methyl sites for hydroxylation is 2. The summed E-state index contributed by atoms with van der Waals surface area (Å²) in [7, 11) is 1.76. The average molecular weight is 437 g/mol. The molecule has 7 heteroatoms. The Morgan fingerprint density at radius 1 is 1.09 bits per heavy atom. The van der Waals surface area contributed by atoms with E-state index >= 15 is 0 Å². The van der Waals surface area contributed by atoms with Gasteiger partial charge in [-0.1, -0.05) is 24.3 Å². The lowest BCUT2D eigenvalue weighted by Gasteiger charge is -2.39. The Bertz CT molecular complexity index is 1450. The predicted molar refractivity (Wildman–Crippen MR) is 132 cm³/mol. The van der Waals surface area contributed by atoms with Gasteiger partial charge in [0.2, 0.25) is 5.96 Å². The predicted octanol–water partition coefficient (Wildman–Crippen LogP) is 4.09. The first kappa shape index (κ1) is 20.8. The van der Waals surface area contributed by atoms with Crippen molar-refractivity contribution >= 4 is 29.1 Å². The molecule has 0 unspecified atom stereocenters. The molecular formula is C26H24N6O. The van der Waals surface area contributed by atoms with Gasteiger partial charge in [0.05, 0.1) is 17.1 Å². The Morgan fingerprint density at radius 3 is 2.67 bits per heavy atom. The fourth-order valence-corrected chi connectivity index (χ4v) is 4.18. The van der Waals surface area contributed by atoms with Gasteiger partial charge in [-0.05, 0) is 48.9 Å². The van der Waals surface area contributed by atoms with E-state index in [1.165, 1.54) is 0 Å². The molecule has 5 rings (SSSR count). The van der Waals surface area contributed by atoms with Crippen molar-refractivity contribution in [1.29, 1.82) is 0 Å². The number of hydrogen-bond acceptors (Lipinski definition) is 4. The second-order valence-corrected chi connectivity index (χ2v) is 8.28. The van der Waals surface area contributed by atoms with Crippen molar-refractivity contribution in [3.63, 3.8) is 0 Å². The summed E-state index contributed by atoms with van der Waals surface area (Å²) in [6, 6.07) is 15.8. The van der Waals surface area contributed by atoms with Gasteiger partial charge in [-0.3, -0.25) is 14.8 Å². The van der Waals surface area contributed by atoms with Gasteiger partial charge in [-0.15, -0.1) is 0 Å². The van der Waals surface area contributed by atoms with E-state index in [-0.39, 0.29) is 11.5 Å². The van der Waals surface area contributed by atoms with Gasteiger partial charge in [0.1, 0.15) is 0 Å². The summed E-state index contributed by atoms with van der Waals surface area (Å²) < 4.78 is 1.59. The number of likely N-dealkylation sites (tertiary alicyclic amines) is 1. The van der Waals surface area contributed by atoms with Gasteiger partial charge in [0.15, 0.2) is 0 Å². The summed E-state index contributed by atoms with van der Waals surface area (Å²) >= 11 is 0. The molecule has 0 radical (unpaired) electrons. The van der Waals surface area contributed by atoms with Crippen LogP contribution < -0.4 is 5.56 Å². The normalized spacial score (nSPS) is 14.4. The van der Waals surface area contributed by atoms with Crippen LogP contribution in [0, 0.1) is 6.92 Å². The molecule has 0 atom stereocenters. The molecule has 1 aliphatic heterocycles. The number of rotatable bonds is 3. The number of aromatic nitrogens is 3. The van der Waals surface area contributed by atoms with Crippen molar-refractivity contribution in [2.24, 2.45) is 17.0 Å². The molecule has 0 amide bonds. The van der Waals surface area contributed by atoms with Crippen molar-refractivity contribution in [1.82, 2.24) is 19.4 Å². The van der Waals surface area contributed by atoms with Gasteiger partial charge >= 0.3 is 0 Å². The zero-order valence-corrected chi connectivity index (χ0v) is 18.6. The number of pyridine rings is 1. The van der Waals surface area contributed by atoms with E-state index in [1.807, 2.05) is 55.5 Å². The molecule has 0 spiro atoms. The molecule has 0 saturated carbocycles. The molecule has 1 saturated heterocycles. The highest BCUT2D eigenvalue weighted by atomic mass is 16.1. The quantitative estimate of drug-likeness (QED) is 0.358. The zero-order chi connectivity index (χ0) is 22.9. The van der Waals surface area contributed by atoms with Crippen LogP contribution in [0.25, 0.3) is 22.0 Å². The van der Waals surface area contributed by atoms with Gasteiger partial charge in [0.25, 0.3) is 5.56 Å². The van der Waals surface area contributed by atoms with Crippen molar-refractivity contribution in [2.75, 3.05) is 13.1 Å². The van der Waals surface area contributed by atoms with Crippen LogP contribution in [0.15, 0.2) is 81.9 Å². The summed E-state index contributed by atoms with van der Waals surface area (Å²) in [4.78, 5) is 32.7. The minimum atomic E-state index is -0.00884. The van der Waals surface area contributed by atoms with E-state index in [9.17, 15) is 4.79 Å². The first-order valence-corrected chi connectivity index (χ1v) is 10.8. The van der Waals surface area contributed by atoms with Crippen molar-refractivity contribution in [2.45, 2.75) is 12.8 Å². The van der Waals surface area contributed by atoms with Crippen LogP contribution in [-0.2, 0) is 7.05 Å². The number of para-hydroxylation sites is 1. The van der Waals surface area contributed by atoms with E-state index in [0.29, 0.717) is 11.3 Å². The summed E-state index contributed by atoms with van der Waals surface area (Å²) in [6.07, 6.45) is 5.22. The Morgan fingerprint density at radius 2 is 1.88 bits per heavy atom. The molecule has 4 aromatic rings. The Kier molecular flexibility index (Phi) is 5.30. The lowest BCUT2D eigenvalue weighted by Crippen LogP contribution is -2.48. The third kappa shape index (κ3) is 3.82. The minimum Gasteiger partial charge on any atom is -0.339 e. The molecule has 7 nitrogen and oxygen atoms in total. The van der Waals surface area contributed by atoms with E-state index < -0.39 is 0 Å². The van der Waals surface area contributed by atoms with Gasteiger partial charge < -0.3 is 9.47 Å². The summed E-state index contributed by atoms with van der Waals surface area (Å²) in [5, 5.41) is 1.59. The van der Waals surface area contributed by atoms with E-state index in [4.69, 9.17) is 4.99 Å². The minimum absolute atomic E-state index is 0.00884. The summed E-state index contributed by atoms with van der Waals surface area (Å²) in [5.74, 6) is 0.824. The molecule has 0 bridgehead atoms. The fraction of sp³-hybridized carbons (Fsp3) is 0.192. The second kappa shape index (κ2) is 8.43. The second-order valence-electron chi connectivity index (χ2n) is 8.28. The zero-order valence-electron chi connectivity index (χ0n) is 18.6. The average Bonchev–Trinajstić information content (AvgIpc) is 2.81. The van der Waals surface area contributed by atoms with E-state index in [1.54, 1.807) is 30.2 Å². The third-order valence-corrected chi connectivity index (χ3v) is 6.11. The lowest BCUT2D eigenvalue weighted by atomic mass is 9.92. The van der Waals surface area contributed by atoms with Gasteiger partial charge in [0, 0.05) is 55.6 Å². The number of benzene rings is 2. The van der Waals surface area contributed by atoms with Crippen LogP contribution in [0.5, 0.6) is 0 Å². The molecule has 33 heavy (non-hydrogen) atoms. The van der Waals surface area contributed by atoms with Crippen molar-refractivity contribution in [3.05, 3.63) is 88.7 Å². The van der Waals surface area contributed by atoms with Crippen LogP contribution in [0.4, 0.5) is 5.69 Å². The summed E-state index contributed by atoms with van der Waals surface area (Å²) in [6.45, 7) is 7.23. The highest BCUT2D eigenvalue weighted by molar-refractivity contribution is 5.88. The highest BCUT2D eigenvalue weighted by Crippen LogP contribution is 2.33. The lowest BCUT2D eigenvalue weighted by molar-refractivity contribution is 0.246. The first-order chi connectivity index (χ1) is 16.0. The van der Waals surface area contributed by atoms with Crippen molar-refractivity contribution < 1.29 is 0 Å². The molecule has 3 heterocycles. The summed E-state index contributed by atoms with van der Waals surface area (Å²) in [5.41, 5.74) is 4.72. The largest absolute Gasteiger partial charge is 0.339 e. The topological polar surface area (TPSA) is 75.7 Å². The van der Waals surface area contributed by atoms with Crippen LogP contribution in [-0.4, -0.2) is 45.2 Å². The maximum atomic E-state index is 12.4. The number of fused-ring (bicyclic) bond motifs is 1. The monoisotopic (exact) mass is 436 g/mol. The molecule has 2 aromatic heterocycles. The highest BCUT2D eigenvalue weighted by Gasteiger charge is 2.33. The van der Waals surface area contributed by atoms with Crippen LogP contribution in [0.1, 0.15) is 17.2 Å². The Labute approximate surface area is 191 Å². The van der Waals surface area contributed by atoms with Crippen LogP contribution in [0.2, 0.25) is 0 Å². The molecule has 0 aliphatic carbocycles. The number of guanidine groups is 1. The Hall–Kier alpha value is -4.13. The maximum absolute atomic E-state index is 12.4.